The number of rotatable bonds is 9. The van der Waals surface area contributed by atoms with E-state index in [-0.39, 0.29) is 29.6 Å². The van der Waals surface area contributed by atoms with Crippen LogP contribution >= 0.6 is 0 Å². The highest BCUT2D eigenvalue weighted by Crippen LogP contribution is 2.61. The normalized spacial score (nSPS) is 21.7. The standard InChI is InChI=1S/C36H36N2O7/c1-19(2)17-44-35(42)21-13-15-22(16-14-21)37-27(39)18-45-36(43)32(20(3)4)38-33(40)30-28-23-9-5-6-10-24(23)29(31(30)34(38)41)26-12-8-7-11-25(26)28/h5-16,19-20,28-32H,17-18H2,1-4H3,(H,37,39)/t28?,29?,30-,31+,32-/m1/s1. The molecule has 0 saturated carbocycles. The van der Waals surface area contributed by atoms with E-state index >= 15 is 0 Å². The number of carbonyl (C=O) groups is 5. The first kappa shape index (κ1) is 30.2. The summed E-state index contributed by atoms with van der Waals surface area (Å²) in [6.07, 6.45) is 0. The van der Waals surface area contributed by atoms with Gasteiger partial charge in [0.1, 0.15) is 6.04 Å². The van der Waals surface area contributed by atoms with Crippen LogP contribution in [0.25, 0.3) is 0 Å². The Hall–Kier alpha value is -4.79. The second-order valence-corrected chi connectivity index (χ2v) is 12.7. The molecule has 1 saturated heterocycles. The van der Waals surface area contributed by atoms with Crippen LogP contribution in [0.15, 0.2) is 72.8 Å². The van der Waals surface area contributed by atoms with Crippen LogP contribution in [0, 0.1) is 23.7 Å². The van der Waals surface area contributed by atoms with Gasteiger partial charge < -0.3 is 14.8 Å². The number of nitrogens with zero attached hydrogens (tertiary/aromatic N) is 1. The van der Waals surface area contributed by atoms with E-state index in [9.17, 15) is 24.0 Å². The van der Waals surface area contributed by atoms with E-state index in [0.29, 0.717) is 17.9 Å². The summed E-state index contributed by atoms with van der Waals surface area (Å²) < 4.78 is 10.6. The molecule has 45 heavy (non-hydrogen) atoms. The lowest BCUT2D eigenvalue weighted by atomic mass is 9.55. The molecule has 3 atom stereocenters. The Kier molecular flexibility index (Phi) is 8.03. The molecule has 1 N–H and O–H groups in total. The first-order valence-electron chi connectivity index (χ1n) is 15.4. The van der Waals surface area contributed by atoms with Gasteiger partial charge in [0.05, 0.1) is 24.0 Å². The molecule has 9 nitrogen and oxygen atoms in total. The fourth-order valence-electron chi connectivity index (χ4n) is 7.08. The lowest BCUT2D eigenvalue weighted by molar-refractivity contribution is -0.162. The van der Waals surface area contributed by atoms with Crippen molar-refractivity contribution < 1.29 is 33.4 Å². The summed E-state index contributed by atoms with van der Waals surface area (Å²) in [5.41, 5.74) is 4.94. The van der Waals surface area contributed by atoms with E-state index in [1.807, 2.05) is 62.4 Å². The van der Waals surface area contributed by atoms with Crippen LogP contribution in [0.1, 0.15) is 72.1 Å². The van der Waals surface area contributed by atoms with Gasteiger partial charge in [-0.15, -0.1) is 0 Å². The molecule has 0 aromatic heterocycles. The maximum atomic E-state index is 14.1. The Morgan fingerprint density at radius 3 is 1.67 bits per heavy atom. The molecule has 1 aliphatic heterocycles. The van der Waals surface area contributed by atoms with Gasteiger partial charge in [0.25, 0.3) is 5.91 Å². The molecule has 1 heterocycles. The van der Waals surface area contributed by atoms with E-state index in [1.165, 1.54) is 12.1 Å². The second kappa shape index (κ2) is 12.0. The van der Waals surface area contributed by atoms with Crippen LogP contribution in [0.4, 0.5) is 5.69 Å². The van der Waals surface area contributed by atoms with Crippen molar-refractivity contribution in [1.82, 2.24) is 4.90 Å². The molecular weight excluding hydrogens is 572 g/mol. The number of ether oxygens (including phenoxy) is 2. The van der Waals surface area contributed by atoms with Crippen molar-refractivity contribution in [3.63, 3.8) is 0 Å². The highest BCUT2D eigenvalue weighted by Gasteiger charge is 2.63. The van der Waals surface area contributed by atoms with Gasteiger partial charge in [-0.2, -0.15) is 0 Å². The Morgan fingerprint density at radius 2 is 1.22 bits per heavy atom. The van der Waals surface area contributed by atoms with Crippen LogP contribution < -0.4 is 5.32 Å². The molecule has 0 unspecified atom stereocenters. The SMILES string of the molecule is CC(C)COC(=O)c1ccc(NC(=O)COC(=O)[C@@H](C(C)C)N2C(=O)[C@@H]3C4c5ccccc5C(c5ccccc54)[C@@H]3C2=O)cc1. The minimum atomic E-state index is -1.18. The maximum absolute atomic E-state index is 14.1. The number of likely N-dealkylation sites (tertiary alicyclic amines) is 1. The zero-order valence-electron chi connectivity index (χ0n) is 25.7. The van der Waals surface area contributed by atoms with E-state index in [2.05, 4.69) is 5.32 Å². The van der Waals surface area contributed by atoms with Gasteiger partial charge in [0, 0.05) is 17.5 Å². The number of benzene rings is 3. The van der Waals surface area contributed by atoms with Crippen LogP contribution in [0.5, 0.6) is 0 Å². The number of imide groups is 1. The second-order valence-electron chi connectivity index (χ2n) is 12.7. The molecule has 3 aromatic carbocycles. The number of hydrogen-bond donors (Lipinski definition) is 1. The fraction of sp³-hybridized carbons (Fsp3) is 0.361. The molecule has 1 fully saturated rings. The van der Waals surface area contributed by atoms with Gasteiger partial charge in [-0.3, -0.25) is 19.3 Å². The van der Waals surface area contributed by atoms with Crippen molar-refractivity contribution in [3.8, 4) is 0 Å². The minimum absolute atomic E-state index is 0.209. The van der Waals surface area contributed by atoms with Crippen LogP contribution in [0.3, 0.4) is 0 Å². The number of amides is 3. The lowest BCUT2D eigenvalue weighted by Crippen LogP contribution is -2.49. The van der Waals surface area contributed by atoms with E-state index in [0.717, 1.165) is 27.2 Å². The van der Waals surface area contributed by atoms with Crippen LogP contribution in [-0.2, 0) is 28.7 Å². The van der Waals surface area contributed by atoms with Crippen molar-refractivity contribution in [2.24, 2.45) is 23.7 Å². The monoisotopic (exact) mass is 608 g/mol. The minimum Gasteiger partial charge on any atom is -0.462 e. The quantitative estimate of drug-likeness (QED) is 0.271. The number of carbonyl (C=O) groups excluding carboxylic acids is 5. The third-order valence-corrected chi connectivity index (χ3v) is 8.93. The molecule has 232 valence electrons. The topological polar surface area (TPSA) is 119 Å². The smallest absolute Gasteiger partial charge is 0.338 e. The van der Waals surface area contributed by atoms with Crippen LogP contribution in [-0.4, -0.2) is 53.8 Å². The highest BCUT2D eigenvalue weighted by atomic mass is 16.5. The summed E-state index contributed by atoms with van der Waals surface area (Å²) in [6.45, 7) is 7.08. The molecule has 9 heteroatoms. The summed E-state index contributed by atoms with van der Waals surface area (Å²) in [6, 6.07) is 20.9. The molecule has 3 amide bonds. The number of hydrogen-bond acceptors (Lipinski definition) is 7. The zero-order valence-corrected chi connectivity index (χ0v) is 25.7. The van der Waals surface area contributed by atoms with Crippen molar-refractivity contribution in [2.45, 2.75) is 45.6 Å². The van der Waals surface area contributed by atoms with E-state index in [1.54, 1.807) is 26.0 Å². The zero-order chi connectivity index (χ0) is 32.0. The average Bonchev–Trinajstić information content (AvgIpc) is 3.29. The van der Waals surface area contributed by atoms with Gasteiger partial charge in [-0.1, -0.05) is 76.2 Å². The van der Waals surface area contributed by atoms with Crippen LogP contribution in [0.2, 0.25) is 0 Å². The molecule has 0 spiro atoms. The first-order chi connectivity index (χ1) is 21.6. The van der Waals surface area contributed by atoms with E-state index < -0.39 is 48.2 Å². The van der Waals surface area contributed by atoms with Gasteiger partial charge in [-0.25, -0.2) is 9.59 Å². The number of esters is 2. The number of nitrogens with one attached hydrogen (secondary N) is 1. The Bertz CT molecular complexity index is 1560. The summed E-state index contributed by atoms with van der Waals surface area (Å²) >= 11 is 0. The van der Waals surface area contributed by atoms with Crippen molar-refractivity contribution in [3.05, 3.63) is 101 Å². The summed E-state index contributed by atoms with van der Waals surface area (Å²) in [7, 11) is 0. The Morgan fingerprint density at radius 1 is 0.733 bits per heavy atom. The number of anilines is 1. The predicted molar refractivity (Wildman–Crippen MR) is 165 cm³/mol. The highest BCUT2D eigenvalue weighted by molar-refractivity contribution is 6.10. The lowest BCUT2D eigenvalue weighted by Gasteiger charge is -2.45. The molecule has 7 rings (SSSR count). The molecule has 3 aromatic rings. The third kappa shape index (κ3) is 5.30. The molecule has 3 aliphatic carbocycles. The summed E-state index contributed by atoms with van der Waals surface area (Å²) in [5, 5.41) is 2.63. The third-order valence-electron chi connectivity index (χ3n) is 8.93. The van der Waals surface area contributed by atoms with Crippen molar-refractivity contribution >= 4 is 35.3 Å². The van der Waals surface area contributed by atoms with Crippen molar-refractivity contribution in [2.75, 3.05) is 18.5 Å². The predicted octanol–water partition coefficient (Wildman–Crippen LogP) is 4.90. The summed E-state index contributed by atoms with van der Waals surface area (Å²) in [4.78, 5) is 67.7. The van der Waals surface area contributed by atoms with Gasteiger partial charge in [-0.05, 0) is 58.4 Å². The average molecular weight is 609 g/mol. The fourth-order valence-corrected chi connectivity index (χ4v) is 7.08. The van der Waals surface area contributed by atoms with Gasteiger partial charge in [0.15, 0.2) is 6.61 Å². The molecular formula is C36H36N2O7. The summed E-state index contributed by atoms with van der Waals surface area (Å²) in [5.74, 6) is -4.66. The Balaban J connectivity index is 1.15. The van der Waals surface area contributed by atoms with E-state index in [4.69, 9.17) is 9.47 Å². The van der Waals surface area contributed by atoms with Gasteiger partial charge >= 0.3 is 11.9 Å². The molecule has 2 bridgehead atoms. The largest absolute Gasteiger partial charge is 0.462 e. The van der Waals surface area contributed by atoms with Crippen molar-refractivity contribution in [1.29, 1.82) is 0 Å². The molecule has 4 aliphatic rings. The first-order valence-corrected chi connectivity index (χ1v) is 15.4. The molecule has 0 radical (unpaired) electrons. The Labute approximate surface area is 261 Å². The van der Waals surface area contributed by atoms with Gasteiger partial charge in [0.2, 0.25) is 11.8 Å². The maximum Gasteiger partial charge on any atom is 0.338 e.